The summed E-state index contributed by atoms with van der Waals surface area (Å²) in [6.07, 6.45) is 0.697. The smallest absolute Gasteiger partial charge is 0.273 e. The summed E-state index contributed by atoms with van der Waals surface area (Å²) in [5, 5.41) is 8.29. The molecule has 1 N–H and O–H groups in total. The summed E-state index contributed by atoms with van der Waals surface area (Å²) in [6.45, 7) is 6.52. The molecule has 0 radical (unpaired) electrons. The van der Waals surface area contributed by atoms with Gasteiger partial charge in [-0.3, -0.25) is 4.18 Å². The number of hydrogen-bond acceptors (Lipinski definition) is 4. The number of rotatable bonds is 6. The van der Waals surface area contributed by atoms with Gasteiger partial charge in [-0.2, -0.15) is 8.42 Å². The van der Waals surface area contributed by atoms with E-state index < -0.39 is 21.5 Å². The molecule has 0 fully saturated rings. The highest BCUT2D eigenvalue weighted by Crippen LogP contribution is 2.13. The van der Waals surface area contributed by atoms with E-state index >= 15 is 0 Å². The minimum atomic E-state index is -3.66. The van der Waals surface area contributed by atoms with Crippen LogP contribution in [0.5, 0.6) is 0 Å². The number of aliphatic hydroxyl groups is 1. The number of allylic oxidation sites excluding steroid dienone is 1. The first-order valence-electron chi connectivity index (χ1n) is 4.13. The van der Waals surface area contributed by atoms with Gasteiger partial charge in [-0.25, -0.2) is 0 Å². The molecule has 13 heavy (non-hydrogen) atoms. The van der Waals surface area contributed by atoms with E-state index in [0.29, 0.717) is 0 Å². The second-order valence-electron chi connectivity index (χ2n) is 2.70. The average molecular weight is 208 g/mol. The monoisotopic (exact) mass is 208 g/mol. The third-order valence-electron chi connectivity index (χ3n) is 1.59. The van der Waals surface area contributed by atoms with Crippen molar-refractivity contribution in [1.82, 2.24) is 0 Å². The van der Waals surface area contributed by atoms with Crippen LogP contribution in [-0.2, 0) is 14.3 Å². The van der Waals surface area contributed by atoms with E-state index in [1.165, 1.54) is 13.0 Å². The van der Waals surface area contributed by atoms with Gasteiger partial charge >= 0.3 is 0 Å². The quantitative estimate of drug-likeness (QED) is 0.515. The Morgan fingerprint density at radius 2 is 2.15 bits per heavy atom. The SMILES string of the molecule is C=CCC(C(C)O)S(=O)(=O)OCC. The molecular formula is C8H16O4S. The molecule has 4 nitrogen and oxygen atoms in total. The maximum Gasteiger partial charge on any atom is 0.273 e. The number of hydrogen-bond donors (Lipinski definition) is 1. The van der Waals surface area contributed by atoms with E-state index in [1.54, 1.807) is 6.92 Å². The summed E-state index contributed by atoms with van der Waals surface area (Å²) in [4.78, 5) is 0. The van der Waals surface area contributed by atoms with Gasteiger partial charge in [-0.1, -0.05) is 6.08 Å². The van der Waals surface area contributed by atoms with Gasteiger partial charge in [0, 0.05) is 0 Å². The van der Waals surface area contributed by atoms with Crippen LogP contribution in [-0.4, -0.2) is 31.5 Å². The average Bonchev–Trinajstić information content (AvgIpc) is 1.99. The predicted octanol–water partition coefficient (Wildman–Crippen LogP) is 0.678. The Hall–Kier alpha value is -0.390. The van der Waals surface area contributed by atoms with Gasteiger partial charge in [0.15, 0.2) is 0 Å². The van der Waals surface area contributed by atoms with Crippen molar-refractivity contribution in [3.63, 3.8) is 0 Å². The predicted molar refractivity (Wildman–Crippen MR) is 50.8 cm³/mol. The van der Waals surface area contributed by atoms with Crippen molar-refractivity contribution >= 4 is 10.1 Å². The molecule has 0 saturated heterocycles. The van der Waals surface area contributed by atoms with E-state index in [9.17, 15) is 13.5 Å². The van der Waals surface area contributed by atoms with E-state index in [1.807, 2.05) is 0 Å². The first-order valence-corrected chi connectivity index (χ1v) is 5.60. The molecule has 0 aliphatic rings. The highest BCUT2D eigenvalue weighted by Gasteiger charge is 2.29. The van der Waals surface area contributed by atoms with Crippen LogP contribution in [0.4, 0.5) is 0 Å². The first-order chi connectivity index (χ1) is 5.95. The Morgan fingerprint density at radius 1 is 1.62 bits per heavy atom. The summed E-state index contributed by atoms with van der Waals surface area (Å²) in [6, 6.07) is 0. The highest BCUT2D eigenvalue weighted by atomic mass is 32.2. The summed E-state index contributed by atoms with van der Waals surface area (Å²) in [7, 11) is -3.66. The van der Waals surface area contributed by atoms with E-state index in [4.69, 9.17) is 0 Å². The molecule has 0 saturated carbocycles. The van der Waals surface area contributed by atoms with Crippen molar-refractivity contribution in [3.05, 3.63) is 12.7 Å². The van der Waals surface area contributed by atoms with Crippen LogP contribution in [0.1, 0.15) is 20.3 Å². The lowest BCUT2D eigenvalue weighted by Gasteiger charge is -2.17. The van der Waals surface area contributed by atoms with Crippen molar-refractivity contribution in [2.45, 2.75) is 31.6 Å². The lowest BCUT2D eigenvalue weighted by atomic mass is 10.2. The zero-order valence-electron chi connectivity index (χ0n) is 7.93. The normalized spacial score (nSPS) is 16.5. The van der Waals surface area contributed by atoms with Crippen molar-refractivity contribution in [1.29, 1.82) is 0 Å². The van der Waals surface area contributed by atoms with E-state index in [0.717, 1.165) is 0 Å². The van der Waals surface area contributed by atoms with Gasteiger partial charge in [-0.05, 0) is 20.3 Å². The fraction of sp³-hybridized carbons (Fsp3) is 0.750. The molecule has 0 aliphatic carbocycles. The molecule has 0 aliphatic heterocycles. The van der Waals surface area contributed by atoms with Crippen LogP contribution in [0.3, 0.4) is 0 Å². The topological polar surface area (TPSA) is 63.6 Å². The first kappa shape index (κ1) is 12.6. The molecule has 2 unspecified atom stereocenters. The van der Waals surface area contributed by atoms with Crippen LogP contribution in [0.25, 0.3) is 0 Å². The zero-order valence-corrected chi connectivity index (χ0v) is 8.75. The molecule has 0 aromatic carbocycles. The van der Waals surface area contributed by atoms with Crippen LogP contribution >= 0.6 is 0 Å². The molecule has 0 bridgehead atoms. The Labute approximate surface area is 79.3 Å². The third kappa shape index (κ3) is 3.89. The van der Waals surface area contributed by atoms with Gasteiger partial charge in [0.05, 0.1) is 12.7 Å². The van der Waals surface area contributed by atoms with Crippen LogP contribution < -0.4 is 0 Å². The molecule has 0 aromatic rings. The number of aliphatic hydroxyl groups excluding tert-OH is 1. The minimum Gasteiger partial charge on any atom is -0.392 e. The molecule has 0 aromatic heterocycles. The third-order valence-corrected chi connectivity index (χ3v) is 3.48. The zero-order chi connectivity index (χ0) is 10.5. The van der Waals surface area contributed by atoms with Gasteiger partial charge in [0.2, 0.25) is 0 Å². The molecule has 0 amide bonds. The minimum absolute atomic E-state index is 0.0860. The highest BCUT2D eigenvalue weighted by molar-refractivity contribution is 7.87. The van der Waals surface area contributed by atoms with Gasteiger partial charge in [0.25, 0.3) is 10.1 Å². The molecule has 5 heteroatoms. The Kier molecular flexibility index (Phi) is 5.20. The van der Waals surface area contributed by atoms with Gasteiger partial charge < -0.3 is 5.11 Å². The summed E-state index contributed by atoms with van der Waals surface area (Å²) >= 11 is 0. The second kappa shape index (κ2) is 5.36. The Balaban J connectivity index is 4.62. The largest absolute Gasteiger partial charge is 0.392 e. The van der Waals surface area contributed by atoms with Crippen molar-refractivity contribution in [2.24, 2.45) is 0 Å². The maximum absolute atomic E-state index is 11.3. The Bertz CT molecular complexity index is 243. The van der Waals surface area contributed by atoms with Crippen molar-refractivity contribution in [2.75, 3.05) is 6.61 Å². The molecular weight excluding hydrogens is 192 g/mol. The lowest BCUT2D eigenvalue weighted by Crippen LogP contribution is -2.33. The fourth-order valence-electron chi connectivity index (χ4n) is 0.972. The molecule has 2 atom stereocenters. The fourth-order valence-corrected chi connectivity index (χ4v) is 2.33. The van der Waals surface area contributed by atoms with Gasteiger partial charge in [-0.15, -0.1) is 6.58 Å². The van der Waals surface area contributed by atoms with Crippen LogP contribution in [0, 0.1) is 0 Å². The second-order valence-corrected chi connectivity index (χ2v) is 4.53. The van der Waals surface area contributed by atoms with E-state index in [2.05, 4.69) is 10.8 Å². The lowest BCUT2D eigenvalue weighted by molar-refractivity contribution is 0.180. The summed E-state index contributed by atoms with van der Waals surface area (Å²) in [5.41, 5.74) is 0. The Morgan fingerprint density at radius 3 is 2.46 bits per heavy atom. The standard InChI is InChI=1S/C8H16O4S/c1-4-6-8(7(3)9)13(10,11)12-5-2/h4,7-9H,1,5-6H2,2-3H3. The molecule has 0 heterocycles. The molecule has 0 rings (SSSR count). The van der Waals surface area contributed by atoms with Crippen LogP contribution in [0.15, 0.2) is 12.7 Å². The summed E-state index contributed by atoms with van der Waals surface area (Å²) in [5.74, 6) is 0. The van der Waals surface area contributed by atoms with Gasteiger partial charge in [0.1, 0.15) is 5.25 Å². The van der Waals surface area contributed by atoms with Crippen molar-refractivity contribution in [3.8, 4) is 0 Å². The van der Waals surface area contributed by atoms with Crippen molar-refractivity contribution < 1.29 is 17.7 Å². The molecule has 78 valence electrons. The van der Waals surface area contributed by atoms with E-state index in [-0.39, 0.29) is 13.0 Å². The van der Waals surface area contributed by atoms with Crippen LogP contribution in [0.2, 0.25) is 0 Å². The maximum atomic E-state index is 11.3. The summed E-state index contributed by atoms with van der Waals surface area (Å²) < 4.78 is 27.2. The molecule has 0 spiro atoms.